The molecule has 1 aliphatic rings. The molecule has 0 unspecified atom stereocenters. The number of nitrogens with zero attached hydrogens (tertiary/aromatic N) is 7. The first-order chi connectivity index (χ1) is 17.7. The molecule has 9 heteroatoms. The molecule has 1 atom stereocenters. The quantitative estimate of drug-likeness (QED) is 0.319. The number of hydrogen-bond donors (Lipinski definition) is 0. The van der Waals surface area contributed by atoms with Crippen LogP contribution < -0.4 is 4.74 Å². The van der Waals surface area contributed by atoms with Crippen molar-refractivity contribution in [2.24, 2.45) is 0 Å². The highest BCUT2D eigenvalue weighted by molar-refractivity contribution is 6.31. The summed E-state index contributed by atoms with van der Waals surface area (Å²) in [6.45, 7) is 1.98. The van der Waals surface area contributed by atoms with Crippen LogP contribution in [-0.2, 0) is 0 Å². The summed E-state index contributed by atoms with van der Waals surface area (Å²) < 4.78 is 9.94. The lowest BCUT2D eigenvalue weighted by molar-refractivity contribution is 0.402. The van der Waals surface area contributed by atoms with Crippen LogP contribution in [0.5, 0.6) is 11.8 Å². The molecule has 0 bridgehead atoms. The number of para-hydroxylation sites is 1. The first kappa shape index (κ1) is 20.8. The molecular weight excluding hydrogens is 474 g/mol. The van der Waals surface area contributed by atoms with Crippen molar-refractivity contribution in [1.29, 1.82) is 0 Å². The molecule has 0 saturated heterocycles. The summed E-state index contributed by atoms with van der Waals surface area (Å²) >= 11 is 6.78. The normalized spacial score (nSPS) is 14.3. The number of pyridine rings is 1. The molecule has 0 spiro atoms. The average molecular weight is 492 g/mol. The third-order valence-electron chi connectivity index (χ3n) is 6.36. The lowest BCUT2D eigenvalue weighted by Crippen LogP contribution is -2.16. The summed E-state index contributed by atoms with van der Waals surface area (Å²) in [5, 5.41) is 10.2. The van der Waals surface area contributed by atoms with Gasteiger partial charge in [-0.25, -0.2) is 19.2 Å². The van der Waals surface area contributed by atoms with E-state index in [2.05, 4.69) is 15.1 Å². The molecule has 36 heavy (non-hydrogen) atoms. The third-order valence-corrected chi connectivity index (χ3v) is 6.70. The molecule has 4 aromatic heterocycles. The molecule has 1 aliphatic heterocycles. The molecule has 0 fully saturated rings. The number of benzene rings is 2. The number of halogens is 1. The number of hydrogen-bond acceptors (Lipinski definition) is 6. The van der Waals surface area contributed by atoms with Crippen LogP contribution in [-0.4, -0.2) is 34.3 Å². The molecule has 7 rings (SSSR count). The zero-order chi connectivity index (χ0) is 24.2. The second-order valence-electron chi connectivity index (χ2n) is 8.52. The predicted octanol–water partition coefficient (Wildman–Crippen LogP) is 5.62. The molecule has 0 N–H and O–H groups in total. The Kier molecular flexibility index (Phi) is 4.62. The van der Waals surface area contributed by atoms with Crippen LogP contribution in [0.4, 0.5) is 0 Å². The van der Waals surface area contributed by atoms with E-state index in [0.29, 0.717) is 28.3 Å². The number of rotatable bonds is 3. The van der Waals surface area contributed by atoms with Gasteiger partial charge in [0.05, 0.1) is 28.4 Å². The van der Waals surface area contributed by atoms with E-state index in [1.54, 1.807) is 23.2 Å². The maximum absolute atomic E-state index is 6.78. The number of aryl methyl sites for hydroxylation is 1. The zero-order valence-corrected chi connectivity index (χ0v) is 19.8. The lowest BCUT2D eigenvalue weighted by Gasteiger charge is -2.27. The maximum atomic E-state index is 6.78. The Hall–Kier alpha value is -4.56. The van der Waals surface area contributed by atoms with Gasteiger partial charge in [-0.1, -0.05) is 48.0 Å². The van der Waals surface area contributed by atoms with E-state index in [-0.39, 0.29) is 5.92 Å². The van der Waals surface area contributed by atoms with Gasteiger partial charge in [-0.05, 0) is 42.8 Å². The van der Waals surface area contributed by atoms with E-state index in [1.807, 2.05) is 78.3 Å². The van der Waals surface area contributed by atoms with Crippen LogP contribution in [0.15, 0.2) is 85.5 Å². The highest BCUT2D eigenvalue weighted by Crippen LogP contribution is 2.50. The van der Waals surface area contributed by atoms with Crippen molar-refractivity contribution < 1.29 is 4.74 Å². The summed E-state index contributed by atoms with van der Waals surface area (Å²) in [4.78, 5) is 13.7. The van der Waals surface area contributed by atoms with Crippen LogP contribution in [0, 0.1) is 6.92 Å². The van der Waals surface area contributed by atoms with Crippen LogP contribution in [0.3, 0.4) is 0 Å². The van der Waals surface area contributed by atoms with E-state index in [4.69, 9.17) is 26.4 Å². The Morgan fingerprint density at radius 3 is 2.56 bits per heavy atom. The number of fused-ring (bicyclic) bond motifs is 4. The number of ether oxygens (including phenoxy) is 1. The van der Waals surface area contributed by atoms with Gasteiger partial charge in [-0.3, -0.25) is 4.98 Å². The van der Waals surface area contributed by atoms with Gasteiger partial charge in [0.25, 0.3) is 0 Å². The minimum atomic E-state index is -0.308. The molecule has 0 saturated carbocycles. The fourth-order valence-electron chi connectivity index (χ4n) is 4.76. The molecule has 0 radical (unpaired) electrons. The highest BCUT2D eigenvalue weighted by Gasteiger charge is 2.38. The molecule has 6 aromatic rings. The largest absolute Gasteiger partial charge is 0.420 e. The molecule has 5 heterocycles. The Morgan fingerprint density at radius 1 is 0.917 bits per heavy atom. The molecule has 2 aromatic carbocycles. The van der Waals surface area contributed by atoms with Gasteiger partial charge in [0.15, 0.2) is 11.5 Å². The fraction of sp³-hybridized carbons (Fsp3) is 0.0741. The maximum Gasteiger partial charge on any atom is 0.230 e. The predicted molar refractivity (Wildman–Crippen MR) is 135 cm³/mol. The Morgan fingerprint density at radius 2 is 1.75 bits per heavy atom. The van der Waals surface area contributed by atoms with Crippen molar-refractivity contribution in [2.75, 3.05) is 0 Å². The van der Waals surface area contributed by atoms with E-state index in [1.165, 1.54) is 0 Å². The molecule has 0 amide bonds. The van der Waals surface area contributed by atoms with E-state index in [0.717, 1.165) is 33.6 Å². The standard InChI is InChI=1S/C27H18ClN7O/c1-16-21-22(19-11-5-6-12-20(19)28)23-25-31-24(17-8-7-13-29-14-17)33-34(25)15-30-26(23)36-27(21)35(32-16)18-9-3-2-4-10-18/h2-15,22H,1H3/t22-/m1/s1. The lowest BCUT2D eigenvalue weighted by atomic mass is 9.84. The summed E-state index contributed by atoms with van der Waals surface area (Å²) in [7, 11) is 0. The van der Waals surface area contributed by atoms with Crippen LogP contribution in [0.1, 0.15) is 28.3 Å². The van der Waals surface area contributed by atoms with Gasteiger partial charge in [0.1, 0.15) is 6.33 Å². The van der Waals surface area contributed by atoms with Crippen molar-refractivity contribution in [2.45, 2.75) is 12.8 Å². The summed E-state index contributed by atoms with van der Waals surface area (Å²) in [5.74, 6) is 1.30. The van der Waals surface area contributed by atoms with E-state index >= 15 is 0 Å². The molecule has 174 valence electrons. The smallest absolute Gasteiger partial charge is 0.230 e. The first-order valence-corrected chi connectivity index (χ1v) is 11.8. The molecule has 0 aliphatic carbocycles. The van der Waals surface area contributed by atoms with Gasteiger partial charge in [0.2, 0.25) is 11.8 Å². The third kappa shape index (κ3) is 3.11. The summed E-state index contributed by atoms with van der Waals surface area (Å²) in [5.41, 5.74) is 5.80. The van der Waals surface area contributed by atoms with Crippen molar-refractivity contribution in [1.82, 2.24) is 34.3 Å². The monoisotopic (exact) mass is 491 g/mol. The van der Waals surface area contributed by atoms with Crippen LogP contribution in [0.25, 0.3) is 22.7 Å². The number of aromatic nitrogens is 7. The second kappa shape index (κ2) is 8.00. The van der Waals surface area contributed by atoms with E-state index < -0.39 is 0 Å². The topological polar surface area (TPSA) is 83.0 Å². The Labute approximate surface area is 210 Å². The summed E-state index contributed by atoms with van der Waals surface area (Å²) in [6.07, 6.45) is 5.08. The molecule has 8 nitrogen and oxygen atoms in total. The first-order valence-electron chi connectivity index (χ1n) is 11.4. The second-order valence-corrected chi connectivity index (χ2v) is 8.92. The summed E-state index contributed by atoms with van der Waals surface area (Å²) in [6, 6.07) is 21.5. The van der Waals surface area contributed by atoms with Crippen molar-refractivity contribution in [3.63, 3.8) is 0 Å². The van der Waals surface area contributed by atoms with Gasteiger partial charge in [-0.15, -0.1) is 5.10 Å². The van der Waals surface area contributed by atoms with Crippen LogP contribution in [0.2, 0.25) is 5.02 Å². The van der Waals surface area contributed by atoms with E-state index in [9.17, 15) is 0 Å². The minimum absolute atomic E-state index is 0.308. The average Bonchev–Trinajstić information content (AvgIpc) is 3.50. The van der Waals surface area contributed by atoms with Crippen LogP contribution >= 0.6 is 11.6 Å². The van der Waals surface area contributed by atoms with Crippen molar-refractivity contribution >= 4 is 17.2 Å². The molecular formula is C27H18ClN7O. The van der Waals surface area contributed by atoms with Gasteiger partial charge in [-0.2, -0.15) is 5.10 Å². The fourth-order valence-corrected chi connectivity index (χ4v) is 5.00. The van der Waals surface area contributed by atoms with Gasteiger partial charge in [0, 0.05) is 23.0 Å². The Balaban J connectivity index is 1.52. The zero-order valence-electron chi connectivity index (χ0n) is 19.1. The van der Waals surface area contributed by atoms with Gasteiger partial charge < -0.3 is 4.74 Å². The van der Waals surface area contributed by atoms with Gasteiger partial charge >= 0.3 is 0 Å². The van der Waals surface area contributed by atoms with Crippen molar-refractivity contribution in [3.8, 4) is 28.8 Å². The van der Waals surface area contributed by atoms with Crippen molar-refractivity contribution in [3.05, 3.63) is 113 Å². The Bertz CT molecular complexity index is 1750. The highest BCUT2D eigenvalue weighted by atomic mass is 35.5. The minimum Gasteiger partial charge on any atom is -0.420 e. The SMILES string of the molecule is Cc1nn(-c2ccccc2)c2c1[C@@H](c1ccccc1Cl)c1c(ncn3nc(-c4cccnc4)nc13)O2.